The molecular formula is C7H13N3O4S. The van der Waals surface area contributed by atoms with Crippen LogP contribution in [0.15, 0.2) is 4.99 Å². The summed E-state index contributed by atoms with van der Waals surface area (Å²) >= 11 is 0. The van der Waals surface area contributed by atoms with Gasteiger partial charge in [0.25, 0.3) is 10.0 Å². The van der Waals surface area contributed by atoms with Crippen LogP contribution in [0.3, 0.4) is 0 Å². The van der Waals surface area contributed by atoms with Crippen LogP contribution in [-0.2, 0) is 14.8 Å². The monoisotopic (exact) mass is 235 g/mol. The predicted octanol–water partition coefficient (Wildman–Crippen LogP) is -1.32. The van der Waals surface area contributed by atoms with E-state index in [1.165, 1.54) is 6.92 Å². The van der Waals surface area contributed by atoms with Gasteiger partial charge in [-0.1, -0.05) is 0 Å². The Morgan fingerprint density at radius 2 is 2.27 bits per heavy atom. The average molecular weight is 235 g/mol. The Bertz CT molecular complexity index is 389. The number of rotatable bonds is 3. The standard InChI is InChI=1S/C7H13N3O4S/c1-5(7(11)12)9-15(13,14)6-3-10(2)4-8-6/h5,9H,3-4H2,1-2H3,(H,11,12). The maximum Gasteiger partial charge on any atom is 0.321 e. The van der Waals surface area contributed by atoms with Crippen molar-refractivity contribution in [1.82, 2.24) is 9.62 Å². The lowest BCUT2D eigenvalue weighted by Gasteiger charge is -2.10. The normalized spacial score (nSPS) is 20.0. The Hall–Kier alpha value is -0.990. The first-order valence-electron chi connectivity index (χ1n) is 4.30. The summed E-state index contributed by atoms with van der Waals surface area (Å²) in [5, 5.41) is 8.55. The van der Waals surface area contributed by atoms with E-state index < -0.39 is 22.0 Å². The van der Waals surface area contributed by atoms with E-state index in [1.54, 1.807) is 11.9 Å². The molecule has 0 spiro atoms. The number of sulfonamides is 1. The highest BCUT2D eigenvalue weighted by atomic mass is 32.2. The highest BCUT2D eigenvalue weighted by molar-refractivity contribution is 8.04. The first kappa shape index (κ1) is 12.1. The Kier molecular flexibility index (Phi) is 3.42. The van der Waals surface area contributed by atoms with Gasteiger partial charge in [-0.15, -0.1) is 0 Å². The fourth-order valence-corrected chi connectivity index (χ4v) is 2.37. The molecule has 1 atom stereocenters. The summed E-state index contributed by atoms with van der Waals surface area (Å²) in [5.41, 5.74) is 0. The van der Waals surface area contributed by atoms with Crippen molar-refractivity contribution < 1.29 is 18.3 Å². The van der Waals surface area contributed by atoms with E-state index in [2.05, 4.69) is 4.99 Å². The molecule has 1 rings (SSSR count). The number of aliphatic imine (C=N–C) groups is 1. The molecule has 2 N–H and O–H groups in total. The smallest absolute Gasteiger partial charge is 0.321 e. The van der Waals surface area contributed by atoms with Gasteiger partial charge in [0.1, 0.15) is 6.04 Å². The third-order valence-electron chi connectivity index (χ3n) is 1.91. The van der Waals surface area contributed by atoms with E-state index in [0.29, 0.717) is 6.67 Å². The van der Waals surface area contributed by atoms with Crippen molar-refractivity contribution in [1.29, 1.82) is 0 Å². The van der Waals surface area contributed by atoms with Crippen molar-refractivity contribution >= 4 is 21.0 Å². The zero-order valence-electron chi connectivity index (χ0n) is 8.47. The van der Waals surface area contributed by atoms with Gasteiger partial charge in [-0.25, -0.2) is 8.42 Å². The van der Waals surface area contributed by atoms with Crippen LogP contribution < -0.4 is 4.72 Å². The fraction of sp³-hybridized carbons (Fsp3) is 0.714. The molecule has 0 amide bonds. The van der Waals surface area contributed by atoms with Gasteiger partial charge in [0.15, 0.2) is 5.04 Å². The largest absolute Gasteiger partial charge is 0.480 e. The first-order chi connectivity index (χ1) is 6.83. The molecule has 0 aromatic carbocycles. The molecule has 1 aliphatic rings. The minimum Gasteiger partial charge on any atom is -0.480 e. The van der Waals surface area contributed by atoms with Gasteiger partial charge in [0.2, 0.25) is 0 Å². The second-order valence-electron chi connectivity index (χ2n) is 3.39. The summed E-state index contributed by atoms with van der Waals surface area (Å²) in [5.74, 6) is -1.22. The molecule has 0 aliphatic carbocycles. The van der Waals surface area contributed by atoms with Crippen molar-refractivity contribution in [2.75, 3.05) is 20.3 Å². The Morgan fingerprint density at radius 3 is 2.67 bits per heavy atom. The quantitative estimate of drug-likeness (QED) is 0.632. The lowest BCUT2D eigenvalue weighted by molar-refractivity contribution is -0.138. The number of nitrogens with one attached hydrogen (secondary N) is 1. The van der Waals surface area contributed by atoms with Crippen LogP contribution in [0.4, 0.5) is 0 Å². The van der Waals surface area contributed by atoms with Gasteiger partial charge in [0.05, 0.1) is 13.2 Å². The lowest BCUT2D eigenvalue weighted by Crippen LogP contribution is -2.42. The number of carboxylic acids is 1. The molecule has 1 aliphatic heterocycles. The highest BCUT2D eigenvalue weighted by Gasteiger charge is 2.28. The molecule has 0 aromatic rings. The molecule has 86 valence electrons. The van der Waals surface area contributed by atoms with E-state index in [1.807, 2.05) is 4.72 Å². The second kappa shape index (κ2) is 4.25. The zero-order chi connectivity index (χ0) is 11.6. The van der Waals surface area contributed by atoms with Gasteiger partial charge in [-0.3, -0.25) is 14.7 Å². The molecule has 0 saturated carbocycles. The Labute approximate surface area is 87.8 Å². The fourth-order valence-electron chi connectivity index (χ4n) is 1.05. The highest BCUT2D eigenvalue weighted by Crippen LogP contribution is 2.03. The third kappa shape index (κ3) is 2.98. The molecule has 0 fully saturated rings. The molecule has 0 saturated heterocycles. The van der Waals surface area contributed by atoms with Crippen molar-refractivity contribution in [3.05, 3.63) is 0 Å². The first-order valence-corrected chi connectivity index (χ1v) is 5.78. The van der Waals surface area contributed by atoms with Crippen molar-refractivity contribution in [2.45, 2.75) is 13.0 Å². The molecule has 8 heteroatoms. The van der Waals surface area contributed by atoms with Crippen LogP contribution in [0.25, 0.3) is 0 Å². The summed E-state index contributed by atoms with van der Waals surface area (Å²) in [6.07, 6.45) is 0. The Balaban J connectivity index is 2.72. The molecule has 1 unspecified atom stereocenters. The van der Waals surface area contributed by atoms with Crippen molar-refractivity contribution in [2.24, 2.45) is 4.99 Å². The van der Waals surface area contributed by atoms with Gasteiger partial charge in [-0.05, 0) is 14.0 Å². The van der Waals surface area contributed by atoms with Crippen molar-refractivity contribution in [3.63, 3.8) is 0 Å². The average Bonchev–Trinajstić information content (AvgIpc) is 2.51. The zero-order valence-corrected chi connectivity index (χ0v) is 9.28. The topological polar surface area (TPSA) is 99.1 Å². The summed E-state index contributed by atoms with van der Waals surface area (Å²) in [7, 11) is -2.03. The Morgan fingerprint density at radius 1 is 1.67 bits per heavy atom. The minimum atomic E-state index is -3.76. The van der Waals surface area contributed by atoms with Crippen LogP contribution >= 0.6 is 0 Å². The number of nitrogens with zero attached hydrogens (tertiary/aromatic N) is 2. The molecule has 15 heavy (non-hydrogen) atoms. The van der Waals surface area contributed by atoms with Gasteiger partial charge >= 0.3 is 5.97 Å². The maximum atomic E-state index is 11.6. The molecule has 0 radical (unpaired) electrons. The van der Waals surface area contributed by atoms with Crippen LogP contribution in [0.5, 0.6) is 0 Å². The van der Waals surface area contributed by atoms with E-state index >= 15 is 0 Å². The van der Waals surface area contributed by atoms with E-state index in [4.69, 9.17) is 5.11 Å². The van der Waals surface area contributed by atoms with Crippen LogP contribution in [0.2, 0.25) is 0 Å². The number of carbonyl (C=O) groups is 1. The summed E-state index contributed by atoms with van der Waals surface area (Å²) in [6.45, 7) is 1.79. The number of aliphatic carboxylic acids is 1. The number of hydrogen-bond donors (Lipinski definition) is 2. The van der Waals surface area contributed by atoms with E-state index in [-0.39, 0.29) is 11.6 Å². The number of carboxylic acid groups (broad SMARTS) is 1. The summed E-state index contributed by atoms with van der Waals surface area (Å²) in [4.78, 5) is 16.0. The van der Waals surface area contributed by atoms with Gasteiger partial charge in [0, 0.05) is 0 Å². The van der Waals surface area contributed by atoms with Crippen molar-refractivity contribution in [3.8, 4) is 0 Å². The minimum absolute atomic E-state index is 0.0156. The predicted molar refractivity (Wildman–Crippen MR) is 54.1 cm³/mol. The van der Waals surface area contributed by atoms with E-state index in [9.17, 15) is 13.2 Å². The van der Waals surface area contributed by atoms with Gasteiger partial charge in [-0.2, -0.15) is 4.72 Å². The number of hydrogen-bond acceptors (Lipinski definition) is 5. The molecular weight excluding hydrogens is 222 g/mol. The molecule has 0 bridgehead atoms. The molecule has 7 nitrogen and oxygen atoms in total. The summed E-state index contributed by atoms with van der Waals surface area (Å²) in [6, 6.07) is -1.15. The molecule has 1 heterocycles. The molecule has 0 aromatic heterocycles. The van der Waals surface area contributed by atoms with Gasteiger partial charge < -0.3 is 5.11 Å². The lowest BCUT2D eigenvalue weighted by atomic mass is 10.4. The SMILES string of the molecule is CC(NS(=O)(=O)C1=NCN(C)C1)C(=O)O. The third-order valence-corrected chi connectivity index (χ3v) is 3.45. The maximum absolute atomic E-state index is 11.6. The van der Waals surface area contributed by atoms with Crippen LogP contribution in [-0.4, -0.2) is 55.7 Å². The second-order valence-corrected chi connectivity index (χ2v) is 5.10. The van der Waals surface area contributed by atoms with Crippen LogP contribution in [0.1, 0.15) is 6.92 Å². The van der Waals surface area contributed by atoms with E-state index in [0.717, 1.165) is 0 Å². The summed E-state index contributed by atoms with van der Waals surface area (Å²) < 4.78 is 25.2. The van der Waals surface area contributed by atoms with Crippen LogP contribution in [0, 0.1) is 0 Å².